The standard InChI is InChI=1S/C18H20BrN3O2/c1-18(2,3)14-4-5-16(15(19)10-14)24-12-17(23)22-21-11-13-6-8-20-9-7-13/h4-11H,12H2,1-3H3,(H,22,23). The minimum absolute atomic E-state index is 0.0557. The van der Waals surface area contributed by atoms with Crippen LogP contribution in [-0.2, 0) is 10.2 Å². The summed E-state index contributed by atoms with van der Waals surface area (Å²) in [6, 6.07) is 9.45. The molecule has 2 aromatic rings. The molecule has 1 aromatic carbocycles. The van der Waals surface area contributed by atoms with Gasteiger partial charge in [0, 0.05) is 12.4 Å². The Labute approximate surface area is 150 Å². The van der Waals surface area contributed by atoms with Crippen molar-refractivity contribution in [1.82, 2.24) is 10.4 Å². The topological polar surface area (TPSA) is 63.6 Å². The van der Waals surface area contributed by atoms with Crippen molar-refractivity contribution in [3.05, 3.63) is 58.3 Å². The Bertz CT molecular complexity index is 725. The van der Waals surface area contributed by atoms with E-state index >= 15 is 0 Å². The van der Waals surface area contributed by atoms with E-state index in [1.54, 1.807) is 30.7 Å². The largest absolute Gasteiger partial charge is 0.483 e. The van der Waals surface area contributed by atoms with Crippen LogP contribution in [0, 0.1) is 0 Å². The summed E-state index contributed by atoms with van der Waals surface area (Å²) in [4.78, 5) is 15.7. The van der Waals surface area contributed by atoms with E-state index in [0.717, 1.165) is 10.0 Å². The Morgan fingerprint density at radius 3 is 2.62 bits per heavy atom. The maximum absolute atomic E-state index is 11.8. The summed E-state index contributed by atoms with van der Waals surface area (Å²) in [5.41, 5.74) is 4.52. The Kier molecular flexibility index (Phi) is 6.09. The van der Waals surface area contributed by atoms with Crippen LogP contribution in [0.5, 0.6) is 5.75 Å². The first kappa shape index (κ1) is 18.1. The highest BCUT2D eigenvalue weighted by Gasteiger charge is 2.15. The maximum atomic E-state index is 11.8. The molecule has 0 bridgehead atoms. The van der Waals surface area contributed by atoms with E-state index in [1.807, 2.05) is 18.2 Å². The summed E-state index contributed by atoms with van der Waals surface area (Å²) in [7, 11) is 0. The van der Waals surface area contributed by atoms with Crippen molar-refractivity contribution in [2.24, 2.45) is 5.10 Å². The van der Waals surface area contributed by atoms with Crippen LogP contribution >= 0.6 is 15.9 Å². The third-order valence-electron chi connectivity index (χ3n) is 3.27. The second-order valence-electron chi connectivity index (χ2n) is 6.26. The predicted molar refractivity (Wildman–Crippen MR) is 98.3 cm³/mol. The number of pyridine rings is 1. The molecule has 5 nitrogen and oxygen atoms in total. The van der Waals surface area contributed by atoms with Crippen LogP contribution in [0.2, 0.25) is 0 Å². The Balaban J connectivity index is 1.87. The number of hydrogen-bond acceptors (Lipinski definition) is 4. The highest BCUT2D eigenvalue weighted by atomic mass is 79.9. The van der Waals surface area contributed by atoms with Crippen molar-refractivity contribution in [1.29, 1.82) is 0 Å². The van der Waals surface area contributed by atoms with Crippen LogP contribution in [0.3, 0.4) is 0 Å². The Hall–Kier alpha value is -2.21. The van der Waals surface area contributed by atoms with E-state index in [1.165, 1.54) is 5.56 Å². The van der Waals surface area contributed by atoms with Gasteiger partial charge in [0.15, 0.2) is 6.61 Å². The van der Waals surface area contributed by atoms with Crippen LogP contribution in [0.15, 0.2) is 52.3 Å². The molecule has 24 heavy (non-hydrogen) atoms. The van der Waals surface area contributed by atoms with Gasteiger partial charge in [-0.1, -0.05) is 26.8 Å². The first-order valence-corrected chi connectivity index (χ1v) is 8.30. The van der Waals surface area contributed by atoms with Crippen LogP contribution in [0.25, 0.3) is 0 Å². The third kappa shape index (κ3) is 5.45. The molecule has 0 aliphatic carbocycles. The van der Waals surface area contributed by atoms with Gasteiger partial charge in [0.2, 0.25) is 0 Å². The molecule has 2 rings (SSSR count). The van der Waals surface area contributed by atoms with Crippen molar-refractivity contribution in [3.8, 4) is 5.75 Å². The van der Waals surface area contributed by atoms with Crippen molar-refractivity contribution < 1.29 is 9.53 Å². The van der Waals surface area contributed by atoms with E-state index in [-0.39, 0.29) is 17.9 Å². The Morgan fingerprint density at radius 1 is 1.29 bits per heavy atom. The summed E-state index contributed by atoms with van der Waals surface area (Å²) in [5, 5.41) is 3.88. The molecule has 1 aromatic heterocycles. The fraction of sp³-hybridized carbons (Fsp3) is 0.278. The zero-order valence-electron chi connectivity index (χ0n) is 13.9. The highest BCUT2D eigenvalue weighted by molar-refractivity contribution is 9.10. The zero-order valence-corrected chi connectivity index (χ0v) is 15.5. The van der Waals surface area contributed by atoms with Gasteiger partial charge in [-0.2, -0.15) is 5.10 Å². The van der Waals surface area contributed by atoms with E-state index in [2.05, 4.69) is 52.2 Å². The lowest BCUT2D eigenvalue weighted by atomic mass is 9.87. The smallest absolute Gasteiger partial charge is 0.277 e. The number of halogens is 1. The van der Waals surface area contributed by atoms with Gasteiger partial charge < -0.3 is 4.74 Å². The molecule has 0 radical (unpaired) electrons. The van der Waals surface area contributed by atoms with Crippen molar-refractivity contribution in [2.45, 2.75) is 26.2 Å². The van der Waals surface area contributed by atoms with Gasteiger partial charge in [-0.3, -0.25) is 9.78 Å². The number of hydrogen-bond donors (Lipinski definition) is 1. The summed E-state index contributed by atoms with van der Waals surface area (Å²) >= 11 is 3.48. The molecule has 1 amide bonds. The van der Waals surface area contributed by atoms with E-state index in [4.69, 9.17) is 4.74 Å². The molecule has 6 heteroatoms. The third-order valence-corrected chi connectivity index (χ3v) is 3.89. The van der Waals surface area contributed by atoms with Gasteiger partial charge in [0.25, 0.3) is 5.91 Å². The number of carbonyl (C=O) groups excluding carboxylic acids is 1. The SMILES string of the molecule is CC(C)(C)c1ccc(OCC(=O)NN=Cc2ccncc2)c(Br)c1. The Morgan fingerprint density at radius 2 is 2.00 bits per heavy atom. The van der Waals surface area contributed by atoms with E-state index in [0.29, 0.717) is 5.75 Å². The van der Waals surface area contributed by atoms with Gasteiger partial charge in [0.05, 0.1) is 10.7 Å². The zero-order chi connectivity index (χ0) is 17.6. The quantitative estimate of drug-likeness (QED) is 0.626. The molecule has 0 spiro atoms. The minimum Gasteiger partial charge on any atom is -0.483 e. The molecule has 0 fully saturated rings. The van der Waals surface area contributed by atoms with Gasteiger partial charge in [-0.15, -0.1) is 0 Å². The first-order chi connectivity index (χ1) is 11.4. The summed E-state index contributed by atoms with van der Waals surface area (Å²) in [6.45, 7) is 6.32. The first-order valence-electron chi connectivity index (χ1n) is 7.51. The fourth-order valence-electron chi connectivity index (χ4n) is 1.89. The van der Waals surface area contributed by atoms with Crippen molar-refractivity contribution >= 4 is 28.1 Å². The summed E-state index contributed by atoms with van der Waals surface area (Å²) < 4.78 is 6.35. The number of rotatable bonds is 5. The fourth-order valence-corrected chi connectivity index (χ4v) is 2.38. The lowest BCUT2D eigenvalue weighted by molar-refractivity contribution is -0.123. The molecule has 0 aliphatic heterocycles. The molecule has 0 unspecified atom stereocenters. The maximum Gasteiger partial charge on any atom is 0.277 e. The van der Waals surface area contributed by atoms with E-state index in [9.17, 15) is 4.79 Å². The normalized spacial score (nSPS) is 11.5. The number of nitrogens with one attached hydrogen (secondary N) is 1. The molecule has 0 saturated heterocycles. The molecular weight excluding hydrogens is 370 g/mol. The monoisotopic (exact) mass is 389 g/mol. The molecule has 0 saturated carbocycles. The van der Waals surface area contributed by atoms with Crippen molar-refractivity contribution in [3.63, 3.8) is 0 Å². The number of aromatic nitrogens is 1. The van der Waals surface area contributed by atoms with Gasteiger partial charge in [0.1, 0.15) is 5.75 Å². The lowest BCUT2D eigenvalue weighted by Crippen LogP contribution is -2.24. The summed E-state index contributed by atoms with van der Waals surface area (Å²) in [5.74, 6) is 0.295. The van der Waals surface area contributed by atoms with Crippen molar-refractivity contribution in [2.75, 3.05) is 6.61 Å². The van der Waals surface area contributed by atoms with Crippen LogP contribution < -0.4 is 10.2 Å². The number of hydrazone groups is 1. The predicted octanol–water partition coefficient (Wildman–Crippen LogP) is 3.67. The van der Waals surface area contributed by atoms with Crippen LogP contribution in [0.1, 0.15) is 31.9 Å². The number of nitrogens with zero attached hydrogens (tertiary/aromatic N) is 2. The average molecular weight is 390 g/mol. The molecule has 1 heterocycles. The summed E-state index contributed by atoms with van der Waals surface area (Å²) in [6.07, 6.45) is 4.86. The number of amides is 1. The highest BCUT2D eigenvalue weighted by Crippen LogP contribution is 2.31. The molecule has 0 atom stereocenters. The van der Waals surface area contributed by atoms with Crippen LogP contribution in [0.4, 0.5) is 0 Å². The second-order valence-corrected chi connectivity index (χ2v) is 7.11. The molecule has 126 valence electrons. The van der Waals surface area contributed by atoms with E-state index < -0.39 is 0 Å². The van der Waals surface area contributed by atoms with Gasteiger partial charge in [-0.25, -0.2) is 5.43 Å². The number of carbonyl (C=O) groups is 1. The number of benzene rings is 1. The molecular formula is C18H20BrN3O2. The number of ether oxygens (including phenoxy) is 1. The minimum atomic E-state index is -0.327. The van der Waals surface area contributed by atoms with Crippen LogP contribution in [-0.4, -0.2) is 23.7 Å². The molecule has 1 N–H and O–H groups in total. The average Bonchev–Trinajstić information content (AvgIpc) is 2.54. The second kappa shape index (κ2) is 8.06. The van der Waals surface area contributed by atoms with Gasteiger partial charge >= 0.3 is 0 Å². The molecule has 0 aliphatic rings. The lowest BCUT2D eigenvalue weighted by Gasteiger charge is -2.20. The van der Waals surface area contributed by atoms with Gasteiger partial charge in [-0.05, 0) is 56.7 Å².